The van der Waals surface area contributed by atoms with Crippen LogP contribution in [0.15, 0.2) is 46.0 Å². The van der Waals surface area contributed by atoms with Crippen molar-refractivity contribution in [3.05, 3.63) is 52.2 Å². The molecule has 152 valence electrons. The molecular formula is C21H28N2O3S2. The highest BCUT2D eigenvalue weighted by molar-refractivity contribution is 7.89. The van der Waals surface area contributed by atoms with Gasteiger partial charge < -0.3 is 5.32 Å². The first-order valence-corrected chi connectivity index (χ1v) is 12.1. The van der Waals surface area contributed by atoms with Gasteiger partial charge in [-0.05, 0) is 65.3 Å². The molecule has 0 aliphatic carbocycles. The fraction of sp³-hybridized carbons (Fsp3) is 0.476. The number of hydrogen-bond acceptors (Lipinski definition) is 4. The Morgan fingerprint density at radius 2 is 1.86 bits per heavy atom. The lowest BCUT2D eigenvalue weighted by Gasteiger charge is -2.30. The van der Waals surface area contributed by atoms with Crippen LogP contribution in [0.1, 0.15) is 43.7 Å². The zero-order valence-electron chi connectivity index (χ0n) is 16.4. The van der Waals surface area contributed by atoms with E-state index in [0.29, 0.717) is 43.3 Å². The van der Waals surface area contributed by atoms with Crippen molar-refractivity contribution < 1.29 is 13.2 Å². The van der Waals surface area contributed by atoms with Gasteiger partial charge in [-0.15, -0.1) is 0 Å². The SMILES string of the molecule is CC(C)c1ccc(S(=O)(=O)N2CCC(C(=O)NCCc3ccsc3)CC2)cc1. The van der Waals surface area contributed by atoms with Crippen LogP contribution in [0.25, 0.3) is 0 Å². The van der Waals surface area contributed by atoms with Crippen LogP contribution < -0.4 is 5.32 Å². The summed E-state index contributed by atoms with van der Waals surface area (Å²) in [4.78, 5) is 12.7. The molecule has 1 amide bonds. The van der Waals surface area contributed by atoms with Crippen molar-refractivity contribution in [2.24, 2.45) is 5.92 Å². The van der Waals surface area contributed by atoms with Crippen LogP contribution in [0.3, 0.4) is 0 Å². The lowest BCUT2D eigenvalue weighted by atomic mass is 9.97. The monoisotopic (exact) mass is 420 g/mol. The molecule has 2 heterocycles. The fourth-order valence-corrected chi connectivity index (χ4v) is 5.61. The Morgan fingerprint density at radius 3 is 2.43 bits per heavy atom. The zero-order chi connectivity index (χ0) is 20.1. The van der Waals surface area contributed by atoms with Crippen molar-refractivity contribution in [3.63, 3.8) is 0 Å². The number of rotatable bonds is 7. The summed E-state index contributed by atoms with van der Waals surface area (Å²) in [6.45, 7) is 5.56. The van der Waals surface area contributed by atoms with Gasteiger partial charge in [0.2, 0.25) is 15.9 Å². The number of carbonyl (C=O) groups is 1. The molecule has 0 atom stereocenters. The van der Waals surface area contributed by atoms with Gasteiger partial charge in [-0.2, -0.15) is 15.6 Å². The topological polar surface area (TPSA) is 66.5 Å². The van der Waals surface area contributed by atoms with Crippen molar-refractivity contribution in [1.29, 1.82) is 0 Å². The van der Waals surface area contributed by atoms with Crippen molar-refractivity contribution in [3.8, 4) is 0 Å². The standard InChI is InChI=1S/C21H28N2O3S2/c1-16(2)18-3-5-20(6-4-18)28(25,26)23-12-8-19(9-13-23)21(24)22-11-7-17-10-14-27-15-17/h3-6,10,14-16,19H,7-9,11-13H2,1-2H3,(H,22,24). The number of nitrogens with one attached hydrogen (secondary N) is 1. The van der Waals surface area contributed by atoms with Crippen molar-refractivity contribution in [2.45, 2.75) is 43.9 Å². The number of thiophene rings is 1. The highest BCUT2D eigenvalue weighted by atomic mass is 32.2. The van der Waals surface area contributed by atoms with E-state index in [2.05, 4.69) is 30.6 Å². The van der Waals surface area contributed by atoms with Crippen molar-refractivity contribution >= 4 is 27.3 Å². The summed E-state index contributed by atoms with van der Waals surface area (Å²) in [5.74, 6) is 0.288. The van der Waals surface area contributed by atoms with E-state index < -0.39 is 10.0 Å². The number of sulfonamides is 1. The number of piperidine rings is 1. The van der Waals surface area contributed by atoms with E-state index in [4.69, 9.17) is 0 Å². The molecular weight excluding hydrogens is 392 g/mol. The number of amides is 1. The molecule has 0 radical (unpaired) electrons. The number of hydrogen-bond donors (Lipinski definition) is 1. The second-order valence-electron chi connectivity index (χ2n) is 7.57. The smallest absolute Gasteiger partial charge is 0.243 e. The van der Waals surface area contributed by atoms with Crippen LogP contribution in [0.5, 0.6) is 0 Å². The number of benzene rings is 1. The summed E-state index contributed by atoms with van der Waals surface area (Å²) in [6.07, 6.45) is 1.95. The Morgan fingerprint density at radius 1 is 1.18 bits per heavy atom. The lowest BCUT2D eigenvalue weighted by molar-refractivity contribution is -0.126. The minimum Gasteiger partial charge on any atom is -0.356 e. The maximum atomic E-state index is 12.9. The molecule has 5 nitrogen and oxygen atoms in total. The zero-order valence-corrected chi connectivity index (χ0v) is 18.1. The number of nitrogens with zero attached hydrogens (tertiary/aromatic N) is 1. The first-order chi connectivity index (χ1) is 13.4. The maximum absolute atomic E-state index is 12.9. The van der Waals surface area contributed by atoms with Crippen LogP contribution in [0, 0.1) is 5.92 Å². The molecule has 1 aromatic carbocycles. The fourth-order valence-electron chi connectivity index (χ4n) is 3.44. The molecule has 1 N–H and O–H groups in total. The molecule has 1 fully saturated rings. The van der Waals surface area contributed by atoms with Gasteiger partial charge in [-0.3, -0.25) is 4.79 Å². The van der Waals surface area contributed by atoms with Crippen molar-refractivity contribution in [2.75, 3.05) is 19.6 Å². The van der Waals surface area contributed by atoms with Crippen LogP contribution in [-0.4, -0.2) is 38.3 Å². The molecule has 3 rings (SSSR count). The molecule has 7 heteroatoms. The molecule has 1 aliphatic heterocycles. The van der Waals surface area contributed by atoms with Gasteiger partial charge in [0.15, 0.2) is 0 Å². The molecule has 1 aliphatic rings. The Labute approximate surface area is 171 Å². The molecule has 28 heavy (non-hydrogen) atoms. The first kappa shape index (κ1) is 21.0. The average molecular weight is 421 g/mol. The Kier molecular flexibility index (Phi) is 6.91. The van der Waals surface area contributed by atoms with Crippen LogP contribution in [0.2, 0.25) is 0 Å². The normalized spacial score (nSPS) is 16.4. The molecule has 1 aromatic heterocycles. The van der Waals surface area contributed by atoms with Gasteiger partial charge in [0.1, 0.15) is 0 Å². The van der Waals surface area contributed by atoms with Gasteiger partial charge in [-0.1, -0.05) is 26.0 Å². The largest absolute Gasteiger partial charge is 0.356 e. The minimum atomic E-state index is -3.50. The van der Waals surface area contributed by atoms with E-state index in [9.17, 15) is 13.2 Å². The summed E-state index contributed by atoms with van der Waals surface area (Å²) in [6, 6.07) is 9.20. The predicted octanol–water partition coefficient (Wildman–Crippen LogP) is 3.63. The summed E-state index contributed by atoms with van der Waals surface area (Å²) in [5, 5.41) is 7.11. The van der Waals surface area contributed by atoms with E-state index in [0.717, 1.165) is 12.0 Å². The summed E-state index contributed by atoms with van der Waals surface area (Å²) in [7, 11) is -3.50. The van der Waals surface area contributed by atoms with E-state index in [1.807, 2.05) is 17.5 Å². The highest BCUT2D eigenvalue weighted by Gasteiger charge is 2.32. The van der Waals surface area contributed by atoms with Crippen molar-refractivity contribution in [1.82, 2.24) is 9.62 Å². The summed E-state index contributed by atoms with van der Waals surface area (Å²) < 4.78 is 27.3. The average Bonchev–Trinajstić information content (AvgIpc) is 3.21. The molecule has 0 unspecified atom stereocenters. The lowest BCUT2D eigenvalue weighted by Crippen LogP contribution is -2.43. The summed E-state index contributed by atoms with van der Waals surface area (Å²) in [5.41, 5.74) is 2.35. The van der Waals surface area contributed by atoms with Crippen LogP contribution >= 0.6 is 11.3 Å². The Bertz CT molecular complexity index is 867. The second kappa shape index (κ2) is 9.20. The Balaban J connectivity index is 1.51. The quantitative estimate of drug-likeness (QED) is 0.744. The van der Waals surface area contributed by atoms with Gasteiger partial charge in [-0.25, -0.2) is 8.42 Å². The molecule has 0 spiro atoms. The van der Waals surface area contributed by atoms with E-state index in [-0.39, 0.29) is 11.8 Å². The molecule has 0 saturated carbocycles. The van der Waals surface area contributed by atoms with E-state index >= 15 is 0 Å². The van der Waals surface area contributed by atoms with E-state index in [1.54, 1.807) is 23.5 Å². The third kappa shape index (κ3) is 5.01. The molecule has 1 saturated heterocycles. The minimum absolute atomic E-state index is 0.0357. The van der Waals surface area contributed by atoms with Gasteiger partial charge >= 0.3 is 0 Å². The molecule has 0 bridgehead atoms. The second-order valence-corrected chi connectivity index (χ2v) is 10.3. The van der Waals surface area contributed by atoms with E-state index in [1.165, 1.54) is 9.87 Å². The predicted molar refractivity (Wildman–Crippen MR) is 113 cm³/mol. The highest BCUT2D eigenvalue weighted by Crippen LogP contribution is 2.25. The Hall–Kier alpha value is -1.70. The summed E-state index contributed by atoms with van der Waals surface area (Å²) >= 11 is 1.65. The van der Waals surface area contributed by atoms with Gasteiger partial charge in [0.25, 0.3) is 0 Å². The third-order valence-corrected chi connectivity index (χ3v) is 7.95. The number of carbonyl (C=O) groups excluding carboxylic acids is 1. The van der Waals surface area contributed by atoms with Crippen LogP contribution in [-0.2, 0) is 21.2 Å². The van der Waals surface area contributed by atoms with Gasteiger partial charge in [0.05, 0.1) is 4.90 Å². The third-order valence-electron chi connectivity index (χ3n) is 5.30. The maximum Gasteiger partial charge on any atom is 0.243 e. The molecule has 2 aromatic rings. The first-order valence-electron chi connectivity index (χ1n) is 9.77. The van der Waals surface area contributed by atoms with Crippen LogP contribution in [0.4, 0.5) is 0 Å². The van der Waals surface area contributed by atoms with Gasteiger partial charge in [0, 0.05) is 25.6 Å².